The van der Waals surface area contributed by atoms with Crippen LogP contribution in [-0.2, 0) is 4.79 Å². The maximum atomic E-state index is 13.1. The Morgan fingerprint density at radius 1 is 1.46 bits per heavy atom. The lowest BCUT2D eigenvalue weighted by Crippen LogP contribution is -2.32. The maximum absolute atomic E-state index is 13.1. The van der Waals surface area contributed by atoms with Crippen LogP contribution in [0, 0.1) is 0 Å². The highest BCUT2D eigenvalue weighted by atomic mass is 19.4. The fraction of sp³-hybridized carbons (Fsp3) is 0.444. The van der Waals surface area contributed by atoms with Crippen molar-refractivity contribution in [2.24, 2.45) is 4.99 Å². The zero-order valence-electron chi connectivity index (χ0n) is 14.2. The summed E-state index contributed by atoms with van der Waals surface area (Å²) in [6.45, 7) is 6.86. The Morgan fingerprint density at radius 2 is 2.12 bits per heavy atom. The van der Waals surface area contributed by atoms with Gasteiger partial charge in [0, 0.05) is 6.20 Å². The summed E-state index contributed by atoms with van der Waals surface area (Å²) in [7, 11) is 1.69. The Kier molecular flexibility index (Phi) is 7.35. The molecular formula is C18H23F3N2O. The summed E-state index contributed by atoms with van der Waals surface area (Å²) in [5.41, 5.74) is 0.496. The molecule has 0 aliphatic heterocycles. The lowest BCUT2D eigenvalue weighted by molar-refractivity contribution is -0.118. The Balaban J connectivity index is 3.11. The number of hydrogen-bond acceptors (Lipinski definition) is 3. The van der Waals surface area contributed by atoms with E-state index in [0.717, 1.165) is 11.6 Å². The normalized spacial score (nSPS) is 17.9. The first-order valence-electron chi connectivity index (χ1n) is 7.71. The van der Waals surface area contributed by atoms with Crippen molar-refractivity contribution >= 4 is 11.5 Å². The molecule has 0 radical (unpaired) electrons. The third-order valence-corrected chi connectivity index (χ3v) is 3.77. The minimum absolute atomic E-state index is 0.00217. The monoisotopic (exact) mass is 340 g/mol. The number of alkyl halides is 3. The van der Waals surface area contributed by atoms with Gasteiger partial charge in [0.1, 0.15) is 5.78 Å². The third kappa shape index (κ3) is 5.60. The van der Waals surface area contributed by atoms with Gasteiger partial charge in [-0.3, -0.25) is 9.79 Å². The molecule has 0 saturated carbocycles. The van der Waals surface area contributed by atoms with Gasteiger partial charge in [0.25, 0.3) is 0 Å². The highest BCUT2D eigenvalue weighted by Gasteiger charge is 2.36. The first kappa shape index (κ1) is 20.1. The number of nitrogens with one attached hydrogen (secondary N) is 1. The number of nitrogens with zero attached hydrogens (tertiary/aromatic N) is 1. The van der Waals surface area contributed by atoms with Crippen molar-refractivity contribution in [2.45, 2.75) is 45.3 Å². The van der Waals surface area contributed by atoms with E-state index in [0.29, 0.717) is 12.8 Å². The van der Waals surface area contributed by atoms with Crippen molar-refractivity contribution in [3.8, 4) is 0 Å². The summed E-state index contributed by atoms with van der Waals surface area (Å²) in [6, 6.07) is -0.328. The van der Waals surface area contributed by atoms with Crippen LogP contribution in [0.5, 0.6) is 0 Å². The molecule has 1 atom stereocenters. The quantitative estimate of drug-likeness (QED) is 0.702. The summed E-state index contributed by atoms with van der Waals surface area (Å²) in [5.74, 6) is -0.00217. The number of halogens is 3. The Morgan fingerprint density at radius 3 is 2.62 bits per heavy atom. The lowest BCUT2D eigenvalue weighted by Gasteiger charge is -2.18. The first-order valence-corrected chi connectivity index (χ1v) is 7.71. The molecule has 0 spiro atoms. The van der Waals surface area contributed by atoms with Gasteiger partial charge >= 0.3 is 6.18 Å². The molecule has 0 fully saturated rings. The lowest BCUT2D eigenvalue weighted by atomic mass is 9.93. The largest absolute Gasteiger partial charge is 0.416 e. The van der Waals surface area contributed by atoms with E-state index in [1.54, 1.807) is 14.0 Å². The molecule has 0 saturated heterocycles. The molecule has 0 amide bonds. The first-order chi connectivity index (χ1) is 11.2. The highest BCUT2D eigenvalue weighted by molar-refractivity contribution is 6.09. The molecule has 0 bridgehead atoms. The molecule has 0 aromatic rings. The van der Waals surface area contributed by atoms with Crippen LogP contribution in [0.3, 0.4) is 0 Å². The second-order valence-electron chi connectivity index (χ2n) is 5.68. The van der Waals surface area contributed by atoms with Crippen LogP contribution < -0.4 is 5.32 Å². The zero-order chi connectivity index (χ0) is 18.3. The van der Waals surface area contributed by atoms with E-state index in [1.165, 1.54) is 25.3 Å². The van der Waals surface area contributed by atoms with E-state index < -0.39 is 11.7 Å². The maximum Gasteiger partial charge on any atom is 0.416 e. The molecule has 0 aromatic heterocycles. The van der Waals surface area contributed by atoms with Crippen LogP contribution in [0.25, 0.3) is 0 Å². The predicted molar refractivity (Wildman–Crippen MR) is 91.0 cm³/mol. The highest BCUT2D eigenvalue weighted by Crippen LogP contribution is 2.34. The molecule has 3 nitrogen and oxygen atoms in total. The number of likely N-dealkylation sites (N-methyl/N-ethyl adjacent to an activating group) is 1. The standard InChI is InChI=1S/C18H23F3N2O/c1-5-16(14-8-6-7-9-15(14)18(19,20)21)23-11-12(2)10-17(22-4)13(3)24/h5,7,9,11,17,22H,1,6,8,10H2,2-4H3/b12-11+,23-16+/t17-/m0/s1. The molecule has 1 rings (SSSR count). The van der Waals surface area contributed by atoms with Gasteiger partial charge in [-0.15, -0.1) is 0 Å². The summed E-state index contributed by atoms with van der Waals surface area (Å²) >= 11 is 0. The number of allylic oxidation sites excluding steroid dienone is 5. The molecule has 1 N–H and O–H groups in total. The van der Waals surface area contributed by atoms with E-state index in [9.17, 15) is 18.0 Å². The Labute approximate surface area is 140 Å². The fourth-order valence-corrected chi connectivity index (χ4v) is 2.45. The topological polar surface area (TPSA) is 41.5 Å². The summed E-state index contributed by atoms with van der Waals surface area (Å²) in [6.07, 6.45) is 2.30. The average molecular weight is 340 g/mol. The van der Waals surface area contributed by atoms with Crippen LogP contribution >= 0.6 is 0 Å². The van der Waals surface area contributed by atoms with Crippen LogP contribution in [-0.4, -0.2) is 30.8 Å². The number of ketones is 1. The van der Waals surface area contributed by atoms with Gasteiger partial charge in [0.15, 0.2) is 0 Å². The molecule has 1 aliphatic carbocycles. The fourth-order valence-electron chi connectivity index (χ4n) is 2.45. The van der Waals surface area contributed by atoms with Gasteiger partial charge in [-0.1, -0.05) is 24.3 Å². The van der Waals surface area contributed by atoms with Crippen LogP contribution in [0.1, 0.15) is 33.1 Å². The molecule has 24 heavy (non-hydrogen) atoms. The number of Topliss-reactive ketones (excluding diaryl/α,β-unsaturated/α-hetero) is 1. The second kappa shape index (κ2) is 8.78. The van der Waals surface area contributed by atoms with Gasteiger partial charge in [0.05, 0.1) is 17.3 Å². The number of hydrogen-bond donors (Lipinski definition) is 1. The molecule has 132 valence electrons. The predicted octanol–water partition coefficient (Wildman–Crippen LogP) is 4.29. The van der Waals surface area contributed by atoms with Gasteiger partial charge in [-0.25, -0.2) is 0 Å². The summed E-state index contributed by atoms with van der Waals surface area (Å²) < 4.78 is 39.4. The van der Waals surface area contributed by atoms with Crippen molar-refractivity contribution in [1.29, 1.82) is 0 Å². The number of rotatable bonds is 7. The van der Waals surface area contributed by atoms with Crippen LogP contribution in [0.2, 0.25) is 0 Å². The Hall–Kier alpha value is -1.95. The third-order valence-electron chi connectivity index (χ3n) is 3.77. The molecular weight excluding hydrogens is 317 g/mol. The van der Waals surface area contributed by atoms with Crippen molar-refractivity contribution in [3.05, 3.63) is 47.7 Å². The van der Waals surface area contributed by atoms with E-state index in [-0.39, 0.29) is 29.5 Å². The second-order valence-corrected chi connectivity index (χ2v) is 5.68. The smallest absolute Gasteiger partial charge is 0.310 e. The van der Waals surface area contributed by atoms with E-state index in [1.807, 2.05) is 0 Å². The molecule has 0 aromatic carbocycles. The molecule has 1 aliphatic rings. The van der Waals surface area contributed by atoms with E-state index in [4.69, 9.17) is 0 Å². The SMILES string of the molecule is C=C/C(=N\C=C(/C)C[C@H](NC)C(C)=O)C1=C(C(F)(F)F)C=CCC1. The minimum Gasteiger partial charge on any atom is -0.310 e. The van der Waals surface area contributed by atoms with Crippen molar-refractivity contribution in [1.82, 2.24) is 5.32 Å². The van der Waals surface area contributed by atoms with E-state index in [2.05, 4.69) is 16.9 Å². The van der Waals surface area contributed by atoms with E-state index >= 15 is 0 Å². The molecule has 0 heterocycles. The van der Waals surface area contributed by atoms with Gasteiger partial charge < -0.3 is 5.32 Å². The average Bonchev–Trinajstić information content (AvgIpc) is 2.52. The van der Waals surface area contributed by atoms with Crippen LogP contribution in [0.15, 0.2) is 52.7 Å². The number of carbonyl (C=O) groups excluding carboxylic acids is 1. The summed E-state index contributed by atoms with van der Waals surface area (Å²) in [5, 5.41) is 2.90. The van der Waals surface area contributed by atoms with Crippen molar-refractivity contribution in [3.63, 3.8) is 0 Å². The number of aliphatic imine (C=N–C) groups is 1. The zero-order valence-corrected chi connectivity index (χ0v) is 14.2. The van der Waals surface area contributed by atoms with Crippen molar-refractivity contribution in [2.75, 3.05) is 7.05 Å². The molecule has 6 heteroatoms. The van der Waals surface area contributed by atoms with Gasteiger partial charge in [-0.2, -0.15) is 13.2 Å². The molecule has 0 unspecified atom stereocenters. The van der Waals surface area contributed by atoms with Gasteiger partial charge in [-0.05, 0) is 51.8 Å². The van der Waals surface area contributed by atoms with Crippen LogP contribution in [0.4, 0.5) is 13.2 Å². The van der Waals surface area contributed by atoms with Crippen molar-refractivity contribution < 1.29 is 18.0 Å². The Bertz CT molecular complexity index is 610. The van der Waals surface area contributed by atoms with Gasteiger partial charge in [0.2, 0.25) is 0 Å². The minimum atomic E-state index is -4.42. The number of carbonyl (C=O) groups is 1. The summed E-state index contributed by atoms with van der Waals surface area (Å²) in [4.78, 5) is 15.6.